The lowest BCUT2D eigenvalue weighted by Gasteiger charge is -2.30. The molecule has 0 saturated carbocycles. The molecule has 0 bridgehead atoms. The molecular formula is C15H22N2O4. The molecule has 2 heterocycles. The Bertz CT molecular complexity index is 588. The van der Waals surface area contributed by atoms with Crippen molar-refractivity contribution < 1.29 is 14.6 Å². The van der Waals surface area contributed by atoms with Gasteiger partial charge in [-0.1, -0.05) is 0 Å². The molecule has 1 atom stereocenters. The molecule has 1 unspecified atom stereocenters. The number of ether oxygens (including phenoxy) is 1. The first-order valence-electron chi connectivity index (χ1n) is 7.30. The summed E-state index contributed by atoms with van der Waals surface area (Å²) < 4.78 is 7.01. The highest BCUT2D eigenvalue weighted by Crippen LogP contribution is 2.28. The average Bonchev–Trinajstić information content (AvgIpc) is 2.44. The van der Waals surface area contributed by atoms with Crippen LogP contribution in [0.4, 0.5) is 0 Å². The molecule has 6 heteroatoms. The van der Waals surface area contributed by atoms with Gasteiger partial charge in [-0.05, 0) is 39.5 Å². The van der Waals surface area contributed by atoms with Gasteiger partial charge >= 0.3 is 11.7 Å². The fourth-order valence-electron chi connectivity index (χ4n) is 3.11. The number of rotatable bonds is 4. The summed E-state index contributed by atoms with van der Waals surface area (Å²) in [6.07, 6.45) is 1.72. The predicted octanol–water partition coefficient (Wildman–Crippen LogP) is 1.47. The molecule has 0 aliphatic carbocycles. The second-order valence-corrected chi connectivity index (χ2v) is 5.67. The molecular weight excluding hydrogens is 272 g/mol. The van der Waals surface area contributed by atoms with Gasteiger partial charge in [0.2, 0.25) is 0 Å². The van der Waals surface area contributed by atoms with E-state index >= 15 is 0 Å². The number of hydrogen-bond acceptors (Lipinski definition) is 4. The molecule has 2 rings (SSSR count). The van der Waals surface area contributed by atoms with Crippen LogP contribution in [0, 0.1) is 19.8 Å². The molecule has 1 saturated heterocycles. The van der Waals surface area contributed by atoms with Gasteiger partial charge in [0.1, 0.15) is 0 Å². The van der Waals surface area contributed by atoms with Crippen LogP contribution < -0.4 is 5.69 Å². The molecule has 6 nitrogen and oxygen atoms in total. The summed E-state index contributed by atoms with van der Waals surface area (Å²) in [4.78, 5) is 27.3. The Morgan fingerprint density at radius 2 is 2.05 bits per heavy atom. The maximum atomic E-state index is 12.3. The van der Waals surface area contributed by atoms with Crippen LogP contribution in [-0.4, -0.2) is 33.8 Å². The summed E-state index contributed by atoms with van der Waals surface area (Å²) in [7, 11) is 0. The van der Waals surface area contributed by atoms with Crippen LogP contribution in [0.3, 0.4) is 0 Å². The average molecular weight is 294 g/mol. The number of aryl methyl sites for hydroxylation is 1. The van der Waals surface area contributed by atoms with Crippen LogP contribution in [0.25, 0.3) is 0 Å². The fraction of sp³-hybridized carbons (Fsp3) is 0.667. The fourth-order valence-corrected chi connectivity index (χ4v) is 3.11. The SMILES string of the molecule is Cc1nc(=O)n(C(C)C2CCOCC2)c(C)c1CC(=O)O. The number of carboxylic acids is 1. The second-order valence-electron chi connectivity index (χ2n) is 5.67. The van der Waals surface area contributed by atoms with E-state index in [2.05, 4.69) is 4.98 Å². The van der Waals surface area contributed by atoms with Gasteiger partial charge in [0.05, 0.1) is 6.42 Å². The molecule has 0 amide bonds. The minimum atomic E-state index is -0.910. The van der Waals surface area contributed by atoms with Crippen molar-refractivity contribution in [2.45, 2.75) is 46.1 Å². The molecule has 0 spiro atoms. The van der Waals surface area contributed by atoms with Crippen LogP contribution in [0.5, 0.6) is 0 Å². The van der Waals surface area contributed by atoms with E-state index in [0.717, 1.165) is 12.8 Å². The van der Waals surface area contributed by atoms with Gasteiger partial charge in [0.15, 0.2) is 0 Å². The second kappa shape index (κ2) is 6.39. The van der Waals surface area contributed by atoms with Crippen molar-refractivity contribution in [3.63, 3.8) is 0 Å². The zero-order chi connectivity index (χ0) is 15.6. The highest BCUT2D eigenvalue weighted by Gasteiger charge is 2.25. The van der Waals surface area contributed by atoms with Crippen molar-refractivity contribution in [1.29, 1.82) is 0 Å². The molecule has 1 aromatic heterocycles. The van der Waals surface area contributed by atoms with E-state index in [1.807, 2.05) is 13.8 Å². The Hall–Kier alpha value is -1.69. The predicted molar refractivity (Wildman–Crippen MR) is 77.6 cm³/mol. The maximum absolute atomic E-state index is 12.3. The van der Waals surface area contributed by atoms with Gasteiger partial charge in [-0.3, -0.25) is 9.36 Å². The van der Waals surface area contributed by atoms with E-state index in [0.29, 0.717) is 36.1 Å². The van der Waals surface area contributed by atoms with E-state index in [1.54, 1.807) is 11.5 Å². The molecule has 1 aromatic rings. The van der Waals surface area contributed by atoms with Crippen molar-refractivity contribution in [3.05, 3.63) is 27.4 Å². The Morgan fingerprint density at radius 3 is 2.62 bits per heavy atom. The third kappa shape index (κ3) is 3.32. The van der Waals surface area contributed by atoms with Crippen molar-refractivity contribution in [1.82, 2.24) is 9.55 Å². The summed E-state index contributed by atoms with van der Waals surface area (Å²) in [6.45, 7) is 6.93. The van der Waals surface area contributed by atoms with Crippen molar-refractivity contribution in [2.75, 3.05) is 13.2 Å². The quantitative estimate of drug-likeness (QED) is 0.909. The first-order valence-corrected chi connectivity index (χ1v) is 7.30. The van der Waals surface area contributed by atoms with Gasteiger partial charge in [-0.15, -0.1) is 0 Å². The van der Waals surface area contributed by atoms with Gasteiger partial charge in [-0.25, -0.2) is 4.79 Å². The van der Waals surface area contributed by atoms with Gasteiger partial charge in [-0.2, -0.15) is 4.98 Å². The van der Waals surface area contributed by atoms with E-state index in [4.69, 9.17) is 9.84 Å². The Labute approximate surface area is 123 Å². The highest BCUT2D eigenvalue weighted by molar-refractivity contribution is 5.70. The molecule has 1 N–H and O–H groups in total. The Balaban J connectivity index is 2.42. The summed E-state index contributed by atoms with van der Waals surface area (Å²) >= 11 is 0. The Morgan fingerprint density at radius 1 is 1.43 bits per heavy atom. The first-order chi connectivity index (χ1) is 9.91. The van der Waals surface area contributed by atoms with Crippen molar-refractivity contribution in [2.24, 2.45) is 5.92 Å². The third-order valence-electron chi connectivity index (χ3n) is 4.39. The van der Waals surface area contributed by atoms with E-state index in [1.165, 1.54) is 0 Å². The van der Waals surface area contributed by atoms with Crippen LogP contribution in [0.2, 0.25) is 0 Å². The largest absolute Gasteiger partial charge is 0.481 e. The molecule has 1 fully saturated rings. The molecule has 0 aromatic carbocycles. The van der Waals surface area contributed by atoms with Crippen LogP contribution in [-0.2, 0) is 16.0 Å². The summed E-state index contributed by atoms with van der Waals surface area (Å²) in [6, 6.07) is 0.00189. The lowest BCUT2D eigenvalue weighted by Crippen LogP contribution is -2.35. The third-order valence-corrected chi connectivity index (χ3v) is 4.39. The number of carbonyl (C=O) groups is 1. The number of hydrogen-bond donors (Lipinski definition) is 1. The zero-order valence-corrected chi connectivity index (χ0v) is 12.8. The number of nitrogens with zero attached hydrogens (tertiary/aromatic N) is 2. The van der Waals surface area contributed by atoms with Gasteiger partial charge in [0.25, 0.3) is 0 Å². The Kier molecular flexibility index (Phi) is 4.77. The summed E-state index contributed by atoms with van der Waals surface area (Å²) in [5.74, 6) is -0.552. The van der Waals surface area contributed by atoms with Gasteiger partial charge in [0, 0.05) is 36.2 Å². The van der Waals surface area contributed by atoms with E-state index in [9.17, 15) is 9.59 Å². The standard InChI is InChI=1S/C15H22N2O4/c1-9-13(8-14(18)19)11(3)17(15(20)16-9)10(2)12-4-6-21-7-5-12/h10,12H,4-8H2,1-3H3,(H,18,19). The number of aromatic nitrogens is 2. The highest BCUT2D eigenvalue weighted by atomic mass is 16.5. The first kappa shape index (κ1) is 15.7. The topological polar surface area (TPSA) is 81.4 Å². The number of carboxylic acid groups (broad SMARTS) is 1. The minimum absolute atomic E-state index is 0.00189. The molecule has 1 aliphatic rings. The normalized spacial score (nSPS) is 17.7. The smallest absolute Gasteiger partial charge is 0.348 e. The monoisotopic (exact) mass is 294 g/mol. The zero-order valence-electron chi connectivity index (χ0n) is 12.8. The lowest BCUT2D eigenvalue weighted by atomic mass is 9.92. The molecule has 21 heavy (non-hydrogen) atoms. The number of aliphatic carboxylic acids is 1. The van der Waals surface area contributed by atoms with E-state index < -0.39 is 5.97 Å². The van der Waals surface area contributed by atoms with Crippen LogP contribution >= 0.6 is 0 Å². The van der Waals surface area contributed by atoms with Crippen molar-refractivity contribution >= 4 is 5.97 Å². The molecule has 1 aliphatic heterocycles. The van der Waals surface area contributed by atoms with Crippen LogP contribution in [0.1, 0.15) is 42.8 Å². The summed E-state index contributed by atoms with van der Waals surface area (Å²) in [5, 5.41) is 9.03. The van der Waals surface area contributed by atoms with Crippen LogP contribution in [0.15, 0.2) is 4.79 Å². The van der Waals surface area contributed by atoms with Gasteiger partial charge < -0.3 is 9.84 Å². The summed E-state index contributed by atoms with van der Waals surface area (Å²) in [5.41, 5.74) is 1.57. The molecule has 0 radical (unpaired) electrons. The minimum Gasteiger partial charge on any atom is -0.481 e. The maximum Gasteiger partial charge on any atom is 0.348 e. The molecule has 116 valence electrons. The lowest BCUT2D eigenvalue weighted by molar-refractivity contribution is -0.136. The van der Waals surface area contributed by atoms with E-state index in [-0.39, 0.29) is 18.2 Å². The van der Waals surface area contributed by atoms with Crippen molar-refractivity contribution in [3.8, 4) is 0 Å².